The van der Waals surface area contributed by atoms with Crippen LogP contribution in [0.3, 0.4) is 0 Å². The maximum atomic E-state index is 12.3. The lowest BCUT2D eigenvalue weighted by Gasteiger charge is -2.02. The number of carbonyl (C=O) groups excluding carboxylic acids is 2. The van der Waals surface area contributed by atoms with Crippen LogP contribution < -0.4 is 5.32 Å². The number of amides is 1. The van der Waals surface area contributed by atoms with Crippen LogP contribution in [0.5, 0.6) is 0 Å². The summed E-state index contributed by atoms with van der Waals surface area (Å²) in [5, 5.41) is 21.1. The third kappa shape index (κ3) is 3.17. The molecule has 1 N–H and O–H groups in total. The second kappa shape index (κ2) is 6.25. The van der Waals surface area contributed by atoms with Crippen molar-refractivity contribution in [2.24, 2.45) is 7.05 Å². The summed E-state index contributed by atoms with van der Waals surface area (Å²) in [4.78, 5) is 34.2. The number of nitrogens with one attached hydrogen (secondary N) is 1. The summed E-state index contributed by atoms with van der Waals surface area (Å²) in [6, 6.07) is 0. The second-order valence-corrected chi connectivity index (χ2v) is 4.49. The van der Waals surface area contributed by atoms with Gasteiger partial charge in [0.05, 0.1) is 17.7 Å². The van der Waals surface area contributed by atoms with Crippen molar-refractivity contribution in [2.45, 2.75) is 13.5 Å². The number of esters is 1. The molecule has 0 fully saturated rings. The molecule has 122 valence electrons. The number of hydrogen-bond donors (Lipinski definition) is 1. The number of ether oxygens (including phenoxy) is 1. The van der Waals surface area contributed by atoms with E-state index in [4.69, 9.17) is 0 Å². The minimum absolute atomic E-state index is 0.0738. The Labute approximate surface area is 130 Å². The Balaban J connectivity index is 2.35. The van der Waals surface area contributed by atoms with Crippen molar-refractivity contribution in [1.82, 2.24) is 19.6 Å². The molecule has 0 unspecified atom stereocenters. The SMILES string of the molecule is CCn1cc([N+](=O)[O-])c(C(=O)Nc2cn(C)nc2C(=O)OC)n1. The number of methoxy groups -OCH3 is 1. The molecule has 2 heterocycles. The monoisotopic (exact) mass is 322 g/mol. The van der Waals surface area contributed by atoms with Gasteiger partial charge in [0.25, 0.3) is 5.91 Å². The van der Waals surface area contributed by atoms with Gasteiger partial charge in [0, 0.05) is 19.8 Å². The normalized spacial score (nSPS) is 10.4. The summed E-state index contributed by atoms with van der Waals surface area (Å²) >= 11 is 0. The van der Waals surface area contributed by atoms with Crippen molar-refractivity contribution >= 4 is 23.3 Å². The van der Waals surface area contributed by atoms with Gasteiger partial charge < -0.3 is 10.1 Å². The van der Waals surface area contributed by atoms with Crippen molar-refractivity contribution < 1.29 is 19.2 Å². The summed E-state index contributed by atoms with van der Waals surface area (Å²) < 4.78 is 7.15. The second-order valence-electron chi connectivity index (χ2n) is 4.49. The van der Waals surface area contributed by atoms with Crippen molar-refractivity contribution in [3.8, 4) is 0 Å². The first-order valence-corrected chi connectivity index (χ1v) is 6.52. The van der Waals surface area contributed by atoms with E-state index < -0.39 is 22.5 Å². The molecule has 0 aliphatic heterocycles. The first kappa shape index (κ1) is 16.1. The summed E-state index contributed by atoms with van der Waals surface area (Å²) in [5.41, 5.74) is -0.810. The van der Waals surface area contributed by atoms with Crippen molar-refractivity contribution in [3.05, 3.63) is 33.9 Å². The molecule has 2 rings (SSSR count). The molecule has 0 aliphatic rings. The van der Waals surface area contributed by atoms with Crippen LogP contribution in [-0.4, -0.2) is 43.5 Å². The Hall–Kier alpha value is -3.24. The molecule has 11 nitrogen and oxygen atoms in total. The summed E-state index contributed by atoms with van der Waals surface area (Å²) in [5.74, 6) is -1.56. The van der Waals surface area contributed by atoms with Crippen molar-refractivity contribution in [3.63, 3.8) is 0 Å². The molecule has 1 amide bonds. The van der Waals surface area contributed by atoms with Crippen LogP contribution in [0.4, 0.5) is 11.4 Å². The van der Waals surface area contributed by atoms with Gasteiger partial charge in [0.1, 0.15) is 6.20 Å². The molecule has 0 atom stereocenters. The largest absolute Gasteiger partial charge is 0.464 e. The van der Waals surface area contributed by atoms with Gasteiger partial charge in [-0.1, -0.05) is 0 Å². The highest BCUT2D eigenvalue weighted by Gasteiger charge is 2.27. The number of hydrogen-bond acceptors (Lipinski definition) is 7. The number of aromatic nitrogens is 4. The molecule has 2 aromatic heterocycles. The lowest BCUT2D eigenvalue weighted by atomic mass is 10.3. The molecule has 23 heavy (non-hydrogen) atoms. The van der Waals surface area contributed by atoms with Crippen LogP contribution in [0.25, 0.3) is 0 Å². The summed E-state index contributed by atoms with van der Waals surface area (Å²) in [7, 11) is 2.73. The Morgan fingerprint density at radius 2 is 2.04 bits per heavy atom. The van der Waals surface area contributed by atoms with E-state index in [2.05, 4.69) is 20.3 Å². The highest BCUT2D eigenvalue weighted by molar-refractivity contribution is 6.08. The zero-order valence-electron chi connectivity index (χ0n) is 12.6. The zero-order valence-corrected chi connectivity index (χ0v) is 12.6. The van der Waals surface area contributed by atoms with E-state index >= 15 is 0 Å². The third-order valence-corrected chi connectivity index (χ3v) is 2.93. The highest BCUT2D eigenvalue weighted by Crippen LogP contribution is 2.20. The van der Waals surface area contributed by atoms with Crippen LogP contribution in [0, 0.1) is 10.1 Å². The van der Waals surface area contributed by atoms with E-state index in [0.717, 1.165) is 0 Å². The first-order valence-electron chi connectivity index (χ1n) is 6.52. The van der Waals surface area contributed by atoms with Crippen LogP contribution >= 0.6 is 0 Å². The van der Waals surface area contributed by atoms with E-state index in [-0.39, 0.29) is 17.1 Å². The van der Waals surface area contributed by atoms with Gasteiger partial charge in [-0.2, -0.15) is 10.2 Å². The van der Waals surface area contributed by atoms with Crippen LogP contribution in [0.15, 0.2) is 12.4 Å². The molecular weight excluding hydrogens is 308 g/mol. The number of nitro groups is 1. The van der Waals surface area contributed by atoms with E-state index in [1.54, 1.807) is 14.0 Å². The number of aryl methyl sites for hydroxylation is 2. The summed E-state index contributed by atoms with van der Waals surface area (Å²) in [6.07, 6.45) is 2.55. The van der Waals surface area contributed by atoms with Crippen LogP contribution in [-0.2, 0) is 18.3 Å². The van der Waals surface area contributed by atoms with E-state index in [1.807, 2.05) is 0 Å². The Kier molecular flexibility index (Phi) is 4.39. The fraction of sp³-hybridized carbons (Fsp3) is 0.333. The van der Waals surface area contributed by atoms with Gasteiger partial charge in [-0.05, 0) is 6.92 Å². The zero-order chi connectivity index (χ0) is 17.1. The number of carbonyl (C=O) groups is 2. The van der Waals surface area contributed by atoms with Gasteiger partial charge in [-0.25, -0.2) is 4.79 Å². The smallest absolute Gasteiger partial charge is 0.360 e. The lowest BCUT2D eigenvalue weighted by Crippen LogP contribution is -2.16. The van der Waals surface area contributed by atoms with Crippen LogP contribution in [0.1, 0.15) is 27.9 Å². The quantitative estimate of drug-likeness (QED) is 0.483. The number of rotatable bonds is 5. The topological polar surface area (TPSA) is 134 Å². The van der Waals surface area contributed by atoms with Crippen molar-refractivity contribution in [1.29, 1.82) is 0 Å². The Bertz CT molecular complexity index is 777. The average Bonchev–Trinajstić information content (AvgIpc) is 3.10. The molecule has 0 saturated carbocycles. The maximum Gasteiger partial charge on any atom is 0.360 e. The minimum atomic E-state index is -0.818. The minimum Gasteiger partial charge on any atom is -0.464 e. The third-order valence-electron chi connectivity index (χ3n) is 2.93. The van der Waals surface area contributed by atoms with E-state index in [0.29, 0.717) is 6.54 Å². The number of anilines is 1. The Morgan fingerprint density at radius 1 is 1.35 bits per heavy atom. The van der Waals surface area contributed by atoms with Gasteiger partial charge in [-0.15, -0.1) is 0 Å². The van der Waals surface area contributed by atoms with Gasteiger partial charge in [0.2, 0.25) is 5.69 Å². The molecule has 0 saturated heterocycles. The van der Waals surface area contributed by atoms with Gasteiger partial charge in [-0.3, -0.25) is 24.3 Å². The molecule has 0 radical (unpaired) electrons. The fourth-order valence-corrected chi connectivity index (χ4v) is 1.88. The molecular formula is C12H14N6O5. The standard InChI is InChI=1S/C12H14N6O5/c1-4-17-6-8(18(21)22)10(15-17)11(19)13-7-5-16(2)14-9(7)12(20)23-3/h5-6H,4H2,1-3H3,(H,13,19). The molecule has 0 aromatic carbocycles. The molecule has 0 spiro atoms. The molecule has 2 aromatic rings. The van der Waals surface area contributed by atoms with E-state index in [1.165, 1.54) is 28.9 Å². The highest BCUT2D eigenvalue weighted by atomic mass is 16.6. The van der Waals surface area contributed by atoms with Gasteiger partial charge >= 0.3 is 11.7 Å². The van der Waals surface area contributed by atoms with Crippen LogP contribution in [0.2, 0.25) is 0 Å². The molecule has 0 aliphatic carbocycles. The van der Waals surface area contributed by atoms with Gasteiger partial charge in [0.15, 0.2) is 5.69 Å². The maximum absolute atomic E-state index is 12.3. The van der Waals surface area contributed by atoms with Crippen molar-refractivity contribution in [2.75, 3.05) is 12.4 Å². The summed E-state index contributed by atoms with van der Waals surface area (Å²) in [6.45, 7) is 2.10. The fourth-order valence-electron chi connectivity index (χ4n) is 1.88. The average molecular weight is 322 g/mol. The van der Waals surface area contributed by atoms with E-state index in [9.17, 15) is 19.7 Å². The predicted molar refractivity (Wildman–Crippen MR) is 77.1 cm³/mol. The lowest BCUT2D eigenvalue weighted by molar-refractivity contribution is -0.385. The Morgan fingerprint density at radius 3 is 2.61 bits per heavy atom. The predicted octanol–water partition coefficient (Wildman–Crippen LogP) is 0.584. The molecule has 11 heteroatoms. The molecule has 0 bridgehead atoms. The number of nitrogens with zero attached hydrogens (tertiary/aromatic N) is 5. The first-order chi connectivity index (χ1) is 10.9.